The van der Waals surface area contributed by atoms with Crippen LogP contribution in [-0.2, 0) is 17.8 Å². The number of hydrogen-bond donors (Lipinski definition) is 2. The van der Waals surface area contributed by atoms with Crippen molar-refractivity contribution in [2.24, 2.45) is 5.73 Å². The molecule has 0 radical (unpaired) electrons. The van der Waals surface area contributed by atoms with E-state index in [0.29, 0.717) is 25.3 Å². The first kappa shape index (κ1) is 19.9. The first-order valence-corrected chi connectivity index (χ1v) is 8.77. The van der Waals surface area contributed by atoms with Crippen LogP contribution >= 0.6 is 12.4 Å². The summed E-state index contributed by atoms with van der Waals surface area (Å²) in [6, 6.07) is 18.4. The minimum atomic E-state index is -0.0370. The van der Waals surface area contributed by atoms with E-state index in [1.54, 1.807) is 0 Å². The molecule has 26 heavy (non-hydrogen) atoms. The highest BCUT2D eigenvalue weighted by Crippen LogP contribution is 2.21. The van der Waals surface area contributed by atoms with Crippen molar-refractivity contribution in [1.29, 1.82) is 0 Å². The number of nitrogens with zero attached hydrogens (tertiary/aromatic N) is 2. The van der Waals surface area contributed by atoms with E-state index in [9.17, 15) is 4.79 Å². The summed E-state index contributed by atoms with van der Waals surface area (Å²) in [5, 5.41) is 2.94. The number of hydrogen-bond acceptors (Lipinski definition) is 3. The quantitative estimate of drug-likeness (QED) is 0.632. The van der Waals surface area contributed by atoms with E-state index >= 15 is 0 Å². The minimum absolute atomic E-state index is 0. The van der Waals surface area contributed by atoms with Gasteiger partial charge in [-0.3, -0.25) is 10.1 Å². The second kappa shape index (κ2) is 9.94. The average Bonchev–Trinajstić information content (AvgIpc) is 2.98. The third kappa shape index (κ3) is 5.07. The standard InChI is InChI=1S/C20H24N4O.ClH/c21-14-6-13-19(25)23-20-22-17-11-4-5-12-18(17)24(20)15-7-10-16-8-2-1-3-9-16;/h1-5,8-9,11-12H,6-7,10,13-15,21H2,(H,22,23,25);1H. The number of halogens is 1. The van der Waals surface area contributed by atoms with Crippen molar-refractivity contribution in [2.75, 3.05) is 11.9 Å². The predicted octanol–water partition coefficient (Wildman–Crippen LogP) is 3.77. The molecule has 0 aliphatic heterocycles. The molecule has 5 nitrogen and oxygen atoms in total. The average molecular weight is 373 g/mol. The smallest absolute Gasteiger partial charge is 0.226 e. The molecule has 0 bridgehead atoms. The molecule has 0 saturated carbocycles. The molecule has 1 amide bonds. The van der Waals surface area contributed by atoms with Gasteiger partial charge in [0.25, 0.3) is 0 Å². The van der Waals surface area contributed by atoms with Crippen LogP contribution in [0.3, 0.4) is 0 Å². The number of rotatable bonds is 8. The van der Waals surface area contributed by atoms with Crippen LogP contribution in [0.1, 0.15) is 24.8 Å². The van der Waals surface area contributed by atoms with E-state index in [1.165, 1.54) is 5.56 Å². The fraction of sp³-hybridized carbons (Fsp3) is 0.300. The van der Waals surface area contributed by atoms with Crippen LogP contribution < -0.4 is 11.1 Å². The van der Waals surface area contributed by atoms with E-state index in [2.05, 4.69) is 39.1 Å². The fourth-order valence-electron chi connectivity index (χ4n) is 2.93. The van der Waals surface area contributed by atoms with Crippen LogP contribution in [0.15, 0.2) is 54.6 Å². The van der Waals surface area contributed by atoms with Crippen LogP contribution in [0.25, 0.3) is 11.0 Å². The predicted molar refractivity (Wildman–Crippen MR) is 109 cm³/mol. The normalized spacial score (nSPS) is 10.5. The van der Waals surface area contributed by atoms with Gasteiger partial charge in [-0.05, 0) is 43.5 Å². The molecule has 1 heterocycles. The summed E-state index contributed by atoms with van der Waals surface area (Å²) < 4.78 is 2.10. The molecule has 0 unspecified atom stereocenters. The molecule has 0 spiro atoms. The minimum Gasteiger partial charge on any atom is -0.330 e. The summed E-state index contributed by atoms with van der Waals surface area (Å²) in [6.07, 6.45) is 3.08. The zero-order valence-electron chi connectivity index (χ0n) is 14.7. The maximum absolute atomic E-state index is 12.1. The van der Waals surface area contributed by atoms with Crippen molar-refractivity contribution in [1.82, 2.24) is 9.55 Å². The zero-order chi connectivity index (χ0) is 17.5. The second-order valence-electron chi connectivity index (χ2n) is 6.11. The number of aromatic nitrogens is 2. The first-order chi connectivity index (χ1) is 12.3. The molecular formula is C20H25ClN4O. The lowest BCUT2D eigenvalue weighted by Crippen LogP contribution is -2.17. The summed E-state index contributed by atoms with van der Waals surface area (Å²) in [7, 11) is 0. The number of para-hydroxylation sites is 2. The highest BCUT2D eigenvalue weighted by atomic mass is 35.5. The van der Waals surface area contributed by atoms with Crippen molar-refractivity contribution >= 4 is 35.3 Å². The van der Waals surface area contributed by atoms with E-state index in [0.717, 1.165) is 30.4 Å². The zero-order valence-corrected chi connectivity index (χ0v) is 15.5. The number of carbonyl (C=O) groups is 1. The number of imidazole rings is 1. The molecule has 3 rings (SSSR count). The molecule has 6 heteroatoms. The Morgan fingerprint density at radius 3 is 2.54 bits per heavy atom. The summed E-state index contributed by atoms with van der Waals surface area (Å²) in [6.45, 7) is 1.32. The molecule has 3 N–H and O–H groups in total. The van der Waals surface area contributed by atoms with Gasteiger partial charge in [0.15, 0.2) is 0 Å². The number of amides is 1. The SMILES string of the molecule is Cl.NCCCC(=O)Nc1nc2ccccc2n1CCCc1ccccc1. The maximum Gasteiger partial charge on any atom is 0.226 e. The maximum atomic E-state index is 12.1. The van der Waals surface area contributed by atoms with Gasteiger partial charge in [0, 0.05) is 13.0 Å². The van der Waals surface area contributed by atoms with Crippen molar-refractivity contribution < 1.29 is 4.79 Å². The Kier molecular flexibility index (Phi) is 7.63. The van der Waals surface area contributed by atoms with Gasteiger partial charge >= 0.3 is 0 Å². The van der Waals surface area contributed by atoms with Gasteiger partial charge in [0.2, 0.25) is 11.9 Å². The third-order valence-corrected chi connectivity index (χ3v) is 4.20. The van der Waals surface area contributed by atoms with E-state index in [1.807, 2.05) is 30.3 Å². The second-order valence-corrected chi connectivity index (χ2v) is 6.11. The molecule has 1 aromatic heterocycles. The van der Waals surface area contributed by atoms with Crippen molar-refractivity contribution in [2.45, 2.75) is 32.2 Å². The number of aryl methyl sites for hydroxylation is 2. The summed E-state index contributed by atoms with van der Waals surface area (Å²) in [5.41, 5.74) is 8.75. The lowest BCUT2D eigenvalue weighted by atomic mass is 10.1. The van der Waals surface area contributed by atoms with Crippen LogP contribution in [0, 0.1) is 0 Å². The lowest BCUT2D eigenvalue weighted by molar-refractivity contribution is -0.116. The molecule has 138 valence electrons. The van der Waals surface area contributed by atoms with Gasteiger partial charge in [-0.15, -0.1) is 12.4 Å². The molecule has 0 fully saturated rings. The van der Waals surface area contributed by atoms with Gasteiger partial charge < -0.3 is 10.3 Å². The number of benzene rings is 2. The fourth-order valence-corrected chi connectivity index (χ4v) is 2.93. The monoisotopic (exact) mass is 372 g/mol. The van der Waals surface area contributed by atoms with Crippen LogP contribution in [0.4, 0.5) is 5.95 Å². The Balaban J connectivity index is 0.00000243. The Labute approximate surface area is 160 Å². The molecule has 3 aromatic rings. The molecule has 0 aliphatic carbocycles. The largest absolute Gasteiger partial charge is 0.330 e. The van der Waals surface area contributed by atoms with Crippen molar-refractivity contribution in [3.05, 3.63) is 60.2 Å². The van der Waals surface area contributed by atoms with Gasteiger partial charge in [-0.1, -0.05) is 42.5 Å². The van der Waals surface area contributed by atoms with Gasteiger partial charge in [-0.2, -0.15) is 0 Å². The number of nitrogens with one attached hydrogen (secondary N) is 1. The number of nitrogens with two attached hydrogens (primary N) is 1. The molecule has 0 saturated heterocycles. The number of fused-ring (bicyclic) bond motifs is 1. The van der Waals surface area contributed by atoms with Gasteiger partial charge in [-0.25, -0.2) is 4.98 Å². The molecule has 0 aliphatic rings. The summed E-state index contributed by atoms with van der Waals surface area (Å²) >= 11 is 0. The Bertz CT molecular complexity index is 832. The summed E-state index contributed by atoms with van der Waals surface area (Å²) in [5.74, 6) is 0.585. The Hall–Kier alpha value is -2.37. The number of carbonyl (C=O) groups excluding carboxylic acids is 1. The van der Waals surface area contributed by atoms with Crippen molar-refractivity contribution in [3.8, 4) is 0 Å². The topological polar surface area (TPSA) is 72.9 Å². The third-order valence-electron chi connectivity index (χ3n) is 4.20. The highest BCUT2D eigenvalue weighted by molar-refractivity contribution is 5.91. The van der Waals surface area contributed by atoms with Crippen molar-refractivity contribution in [3.63, 3.8) is 0 Å². The van der Waals surface area contributed by atoms with E-state index in [4.69, 9.17) is 5.73 Å². The highest BCUT2D eigenvalue weighted by Gasteiger charge is 2.12. The van der Waals surface area contributed by atoms with Gasteiger partial charge in [0.05, 0.1) is 11.0 Å². The molecular weight excluding hydrogens is 348 g/mol. The number of anilines is 1. The van der Waals surface area contributed by atoms with E-state index < -0.39 is 0 Å². The lowest BCUT2D eigenvalue weighted by Gasteiger charge is -2.10. The van der Waals surface area contributed by atoms with Gasteiger partial charge in [0.1, 0.15) is 0 Å². The summed E-state index contributed by atoms with van der Waals surface area (Å²) in [4.78, 5) is 16.7. The molecule has 0 atom stereocenters. The van der Waals surface area contributed by atoms with Crippen LogP contribution in [-0.4, -0.2) is 22.0 Å². The Morgan fingerprint density at radius 1 is 1.04 bits per heavy atom. The Morgan fingerprint density at radius 2 is 1.77 bits per heavy atom. The van der Waals surface area contributed by atoms with Crippen LogP contribution in [0.2, 0.25) is 0 Å². The van der Waals surface area contributed by atoms with E-state index in [-0.39, 0.29) is 18.3 Å². The first-order valence-electron chi connectivity index (χ1n) is 8.77. The van der Waals surface area contributed by atoms with Crippen LogP contribution in [0.5, 0.6) is 0 Å². The molecule has 2 aromatic carbocycles.